The van der Waals surface area contributed by atoms with Crippen LogP contribution in [-0.4, -0.2) is 42.6 Å². The second kappa shape index (κ2) is 4.28. The third-order valence-electron chi connectivity index (χ3n) is 3.05. The molecule has 2 saturated heterocycles. The zero-order chi connectivity index (χ0) is 9.97. The van der Waals surface area contributed by atoms with Crippen molar-refractivity contribution in [1.29, 1.82) is 0 Å². The van der Waals surface area contributed by atoms with E-state index in [-0.39, 0.29) is 11.9 Å². The van der Waals surface area contributed by atoms with E-state index in [9.17, 15) is 4.79 Å². The molecule has 1 amide bonds. The van der Waals surface area contributed by atoms with Gasteiger partial charge in [0.15, 0.2) is 0 Å². The van der Waals surface area contributed by atoms with Crippen molar-refractivity contribution in [2.24, 2.45) is 5.73 Å². The minimum atomic E-state index is 0.0478. The predicted molar refractivity (Wildman–Crippen MR) is 52.8 cm³/mol. The average molecular weight is 198 g/mol. The van der Waals surface area contributed by atoms with Crippen LogP contribution in [0.15, 0.2) is 0 Å². The van der Waals surface area contributed by atoms with Crippen LogP contribution in [0.4, 0.5) is 0 Å². The predicted octanol–water partition coefficient (Wildman–Crippen LogP) is 0.115. The highest BCUT2D eigenvalue weighted by Gasteiger charge is 2.32. The molecule has 80 valence electrons. The molecule has 2 aliphatic heterocycles. The lowest BCUT2D eigenvalue weighted by atomic mass is 10.1. The van der Waals surface area contributed by atoms with Gasteiger partial charge in [0.1, 0.15) is 0 Å². The smallest absolute Gasteiger partial charge is 0.224 e. The van der Waals surface area contributed by atoms with E-state index in [1.54, 1.807) is 0 Å². The van der Waals surface area contributed by atoms with Gasteiger partial charge in [-0.05, 0) is 19.3 Å². The summed E-state index contributed by atoms with van der Waals surface area (Å²) in [7, 11) is 0. The summed E-state index contributed by atoms with van der Waals surface area (Å²) >= 11 is 0. The Labute approximate surface area is 84.4 Å². The van der Waals surface area contributed by atoms with Crippen LogP contribution in [0.25, 0.3) is 0 Å². The number of amides is 1. The Morgan fingerprint density at radius 2 is 2.21 bits per heavy atom. The molecule has 2 unspecified atom stereocenters. The van der Waals surface area contributed by atoms with Crippen molar-refractivity contribution in [3.8, 4) is 0 Å². The Kier molecular flexibility index (Phi) is 3.03. The van der Waals surface area contributed by atoms with Gasteiger partial charge in [-0.15, -0.1) is 0 Å². The average Bonchev–Trinajstić information content (AvgIpc) is 2.43. The summed E-state index contributed by atoms with van der Waals surface area (Å²) in [6.07, 6.45) is 3.62. The van der Waals surface area contributed by atoms with Gasteiger partial charge < -0.3 is 15.4 Å². The van der Waals surface area contributed by atoms with Crippen LogP contribution in [0.2, 0.25) is 0 Å². The van der Waals surface area contributed by atoms with Crippen LogP contribution in [0.1, 0.15) is 25.7 Å². The maximum atomic E-state index is 11.6. The molecule has 2 heterocycles. The molecule has 0 aromatic heterocycles. The van der Waals surface area contributed by atoms with Crippen LogP contribution < -0.4 is 5.73 Å². The summed E-state index contributed by atoms with van der Waals surface area (Å²) in [6.45, 7) is 2.36. The van der Waals surface area contributed by atoms with Gasteiger partial charge in [0.05, 0.1) is 0 Å². The first kappa shape index (κ1) is 9.93. The number of carbonyl (C=O) groups is 1. The summed E-state index contributed by atoms with van der Waals surface area (Å²) in [5.41, 5.74) is 5.77. The van der Waals surface area contributed by atoms with Gasteiger partial charge in [-0.25, -0.2) is 0 Å². The fourth-order valence-corrected chi connectivity index (χ4v) is 2.31. The number of hydrogen-bond donors (Lipinski definition) is 1. The number of nitrogens with zero attached hydrogens (tertiary/aromatic N) is 1. The zero-order valence-electron chi connectivity index (χ0n) is 8.45. The molecule has 0 aliphatic carbocycles. The molecule has 0 bridgehead atoms. The van der Waals surface area contributed by atoms with Crippen molar-refractivity contribution in [2.75, 3.05) is 19.8 Å². The molecule has 0 aromatic rings. The molecule has 2 N–H and O–H groups in total. The van der Waals surface area contributed by atoms with Crippen LogP contribution in [-0.2, 0) is 9.53 Å². The van der Waals surface area contributed by atoms with E-state index in [4.69, 9.17) is 10.5 Å². The fraction of sp³-hybridized carbons (Fsp3) is 0.900. The van der Waals surface area contributed by atoms with E-state index in [0.29, 0.717) is 12.5 Å². The summed E-state index contributed by atoms with van der Waals surface area (Å²) in [5, 5.41) is 0. The molecule has 14 heavy (non-hydrogen) atoms. The monoisotopic (exact) mass is 198 g/mol. The number of carbonyl (C=O) groups excluding carboxylic acids is 1. The lowest BCUT2D eigenvalue weighted by molar-refractivity contribution is -0.129. The second-order valence-corrected chi connectivity index (χ2v) is 4.21. The Morgan fingerprint density at radius 1 is 1.36 bits per heavy atom. The van der Waals surface area contributed by atoms with E-state index in [1.807, 2.05) is 4.90 Å². The lowest BCUT2D eigenvalue weighted by Crippen LogP contribution is -2.38. The highest BCUT2D eigenvalue weighted by atomic mass is 16.5. The Balaban J connectivity index is 1.95. The summed E-state index contributed by atoms with van der Waals surface area (Å²) in [5.74, 6) is 0.226. The van der Waals surface area contributed by atoms with Crippen LogP contribution in [0.5, 0.6) is 0 Å². The first-order chi connectivity index (χ1) is 6.77. The van der Waals surface area contributed by atoms with E-state index in [0.717, 1.165) is 39.0 Å². The van der Waals surface area contributed by atoms with Gasteiger partial charge in [-0.3, -0.25) is 4.79 Å². The third-order valence-corrected chi connectivity index (χ3v) is 3.05. The largest absolute Gasteiger partial charge is 0.381 e. The Hall–Kier alpha value is -0.610. The Bertz CT molecular complexity index is 212. The number of rotatable bonds is 1. The molecular weight excluding hydrogens is 180 g/mol. The number of nitrogens with two attached hydrogens (primary N) is 1. The molecule has 0 radical (unpaired) electrons. The molecule has 2 aliphatic rings. The summed E-state index contributed by atoms with van der Waals surface area (Å²) < 4.78 is 5.38. The van der Waals surface area contributed by atoms with E-state index < -0.39 is 0 Å². The minimum absolute atomic E-state index is 0.0478. The number of likely N-dealkylation sites (tertiary alicyclic amines) is 1. The van der Waals surface area contributed by atoms with Crippen molar-refractivity contribution < 1.29 is 9.53 Å². The first-order valence-corrected chi connectivity index (χ1v) is 5.40. The first-order valence-electron chi connectivity index (χ1n) is 5.40. The van der Waals surface area contributed by atoms with Gasteiger partial charge in [0.2, 0.25) is 5.91 Å². The minimum Gasteiger partial charge on any atom is -0.381 e. The molecule has 4 nitrogen and oxygen atoms in total. The molecular formula is C10H18N2O2. The molecule has 4 heteroatoms. The van der Waals surface area contributed by atoms with Crippen molar-refractivity contribution in [1.82, 2.24) is 4.90 Å². The van der Waals surface area contributed by atoms with E-state index in [2.05, 4.69) is 0 Å². The normalized spacial score (nSPS) is 34.6. The summed E-state index contributed by atoms with van der Waals surface area (Å²) in [6, 6.07) is 0.422. The quantitative estimate of drug-likeness (QED) is 0.651. The number of ether oxygens (including phenoxy) is 1. The highest BCUT2D eigenvalue weighted by molar-refractivity contribution is 5.79. The molecule has 0 spiro atoms. The lowest BCUT2D eigenvalue weighted by Gasteiger charge is -2.26. The van der Waals surface area contributed by atoms with Crippen LogP contribution in [0, 0.1) is 0 Å². The maximum Gasteiger partial charge on any atom is 0.224 e. The molecule has 2 fully saturated rings. The maximum absolute atomic E-state index is 11.6. The van der Waals surface area contributed by atoms with Gasteiger partial charge in [-0.2, -0.15) is 0 Å². The molecule has 0 saturated carbocycles. The van der Waals surface area contributed by atoms with E-state index in [1.165, 1.54) is 0 Å². The standard InChI is InChI=1S/C10H18N2O2/c11-8-6-10(13)12(7-8)9-2-1-4-14-5-3-9/h8-9H,1-7,11H2. The van der Waals surface area contributed by atoms with Crippen LogP contribution >= 0.6 is 0 Å². The van der Waals surface area contributed by atoms with Gasteiger partial charge in [0.25, 0.3) is 0 Å². The van der Waals surface area contributed by atoms with Crippen molar-refractivity contribution in [2.45, 2.75) is 37.8 Å². The van der Waals surface area contributed by atoms with Crippen molar-refractivity contribution >= 4 is 5.91 Å². The van der Waals surface area contributed by atoms with Crippen LogP contribution in [0.3, 0.4) is 0 Å². The van der Waals surface area contributed by atoms with E-state index >= 15 is 0 Å². The highest BCUT2D eigenvalue weighted by Crippen LogP contribution is 2.20. The molecule has 0 aromatic carbocycles. The summed E-state index contributed by atoms with van der Waals surface area (Å²) in [4.78, 5) is 13.6. The SMILES string of the molecule is NC1CC(=O)N(C2CCCOCC2)C1. The van der Waals surface area contributed by atoms with Crippen molar-refractivity contribution in [3.05, 3.63) is 0 Å². The molecule has 2 atom stereocenters. The third kappa shape index (κ3) is 2.07. The van der Waals surface area contributed by atoms with Gasteiger partial charge >= 0.3 is 0 Å². The zero-order valence-corrected chi connectivity index (χ0v) is 8.45. The van der Waals surface area contributed by atoms with Crippen molar-refractivity contribution in [3.63, 3.8) is 0 Å². The number of hydrogen-bond acceptors (Lipinski definition) is 3. The molecule has 2 rings (SSSR count). The Morgan fingerprint density at radius 3 is 2.93 bits per heavy atom. The van der Waals surface area contributed by atoms with Gasteiger partial charge in [0, 0.05) is 38.3 Å². The fourth-order valence-electron chi connectivity index (χ4n) is 2.31. The topological polar surface area (TPSA) is 55.6 Å². The second-order valence-electron chi connectivity index (χ2n) is 4.21. The van der Waals surface area contributed by atoms with Gasteiger partial charge in [-0.1, -0.05) is 0 Å².